The smallest absolute Gasteiger partial charge is 0.308 e. The molecule has 56 heavy (non-hydrogen) atoms. The number of rotatable bonds is 42. The Hall–Kier alpha value is -1.18. The van der Waals surface area contributed by atoms with Crippen molar-refractivity contribution in [3.8, 4) is 0 Å². The van der Waals surface area contributed by atoms with E-state index in [1.165, 1.54) is 122 Å². The summed E-state index contributed by atoms with van der Waals surface area (Å²) in [7, 11) is 4.19. The summed E-state index contributed by atoms with van der Waals surface area (Å²) >= 11 is 0. The summed E-state index contributed by atoms with van der Waals surface area (Å²) in [5.74, 6) is -0.330. The number of nitrogens with zero attached hydrogens (tertiary/aromatic N) is 1. The maximum absolute atomic E-state index is 13.1. The first-order valence-electron chi connectivity index (χ1n) is 24.6. The quantitative estimate of drug-likeness (QED) is 0.0450. The SMILES string of the molecule is CCCCCCCCCCC(=O)OCCCCCCC1(CCCCCCCCOC(=O)C(CCCCCCCC)CCCCCCCC)OCC(CN(C)C)O1. The largest absolute Gasteiger partial charge is 0.466 e. The first kappa shape index (κ1) is 52.8. The molecule has 0 spiro atoms. The lowest BCUT2D eigenvalue weighted by Gasteiger charge is -2.29. The van der Waals surface area contributed by atoms with Crippen LogP contribution in [0.1, 0.15) is 245 Å². The molecule has 0 N–H and O–H groups in total. The van der Waals surface area contributed by atoms with Crippen molar-refractivity contribution in [1.82, 2.24) is 4.90 Å². The van der Waals surface area contributed by atoms with Crippen LogP contribution in [-0.2, 0) is 28.5 Å². The Labute approximate surface area is 348 Å². The molecule has 0 bridgehead atoms. The number of esters is 2. The lowest BCUT2D eigenvalue weighted by atomic mass is 9.94. The number of hydrogen-bond acceptors (Lipinski definition) is 7. The minimum Gasteiger partial charge on any atom is -0.466 e. The highest BCUT2D eigenvalue weighted by molar-refractivity contribution is 5.72. The van der Waals surface area contributed by atoms with E-state index in [-0.39, 0.29) is 24.0 Å². The predicted octanol–water partition coefficient (Wildman–Crippen LogP) is 14.1. The average molecular weight is 794 g/mol. The van der Waals surface area contributed by atoms with Gasteiger partial charge in [0.25, 0.3) is 0 Å². The third-order valence-corrected chi connectivity index (χ3v) is 11.8. The second kappa shape index (κ2) is 38.0. The van der Waals surface area contributed by atoms with Crippen LogP contribution in [0.25, 0.3) is 0 Å². The molecule has 1 rings (SSSR count). The summed E-state index contributed by atoms with van der Waals surface area (Å²) in [5, 5.41) is 0. The molecular formula is C49H95NO6. The number of ether oxygens (including phenoxy) is 4. The van der Waals surface area contributed by atoms with E-state index in [9.17, 15) is 9.59 Å². The van der Waals surface area contributed by atoms with Crippen LogP contribution in [0, 0.1) is 5.92 Å². The molecule has 2 unspecified atom stereocenters. The Bertz CT molecular complexity index is 867. The second-order valence-electron chi connectivity index (χ2n) is 17.7. The van der Waals surface area contributed by atoms with Crippen LogP contribution in [0.4, 0.5) is 0 Å². The molecule has 0 aromatic rings. The Balaban J connectivity index is 2.27. The lowest BCUT2D eigenvalue weighted by Crippen LogP contribution is -2.33. The van der Waals surface area contributed by atoms with E-state index in [0.717, 1.165) is 103 Å². The standard InChI is InChI=1S/C49H95NO6/c1-6-9-12-15-18-19-24-31-38-47(51)53-41-34-28-26-33-40-49(55-44-46(56-49)43-50(4)5)39-32-25-20-21-27-35-42-54-48(52)45(36-29-22-16-13-10-7-2)37-30-23-17-14-11-8-3/h45-46H,6-44H2,1-5H3. The van der Waals surface area contributed by atoms with Crippen molar-refractivity contribution in [3.63, 3.8) is 0 Å². The molecule has 0 amide bonds. The van der Waals surface area contributed by atoms with Gasteiger partial charge in [-0.3, -0.25) is 9.59 Å². The first-order valence-corrected chi connectivity index (χ1v) is 24.6. The van der Waals surface area contributed by atoms with E-state index in [0.29, 0.717) is 26.2 Å². The monoisotopic (exact) mass is 794 g/mol. The summed E-state index contributed by atoms with van der Waals surface area (Å²) in [4.78, 5) is 27.4. The fraction of sp³-hybridized carbons (Fsp3) is 0.959. The summed E-state index contributed by atoms with van der Waals surface area (Å²) in [6.45, 7) is 9.44. The molecule has 1 aliphatic heterocycles. The van der Waals surface area contributed by atoms with Crippen molar-refractivity contribution < 1.29 is 28.5 Å². The Kier molecular flexibility index (Phi) is 35.9. The van der Waals surface area contributed by atoms with Gasteiger partial charge in [-0.05, 0) is 59.0 Å². The predicted molar refractivity (Wildman–Crippen MR) is 236 cm³/mol. The van der Waals surface area contributed by atoms with Gasteiger partial charge >= 0.3 is 11.9 Å². The van der Waals surface area contributed by atoms with Gasteiger partial charge < -0.3 is 23.8 Å². The molecule has 1 heterocycles. The maximum Gasteiger partial charge on any atom is 0.308 e. The minimum atomic E-state index is -0.459. The Morgan fingerprint density at radius 1 is 0.554 bits per heavy atom. The van der Waals surface area contributed by atoms with Gasteiger partial charge in [0.2, 0.25) is 0 Å². The molecule has 332 valence electrons. The maximum atomic E-state index is 13.1. The topological polar surface area (TPSA) is 74.3 Å². The van der Waals surface area contributed by atoms with Gasteiger partial charge in [-0.2, -0.15) is 0 Å². The number of unbranched alkanes of at least 4 members (excludes halogenated alkanes) is 25. The van der Waals surface area contributed by atoms with E-state index >= 15 is 0 Å². The second-order valence-corrected chi connectivity index (χ2v) is 17.7. The summed E-state index contributed by atoms with van der Waals surface area (Å²) in [5.41, 5.74) is 0. The average Bonchev–Trinajstić information content (AvgIpc) is 3.57. The highest BCUT2D eigenvalue weighted by Gasteiger charge is 2.40. The molecule has 7 heteroatoms. The van der Waals surface area contributed by atoms with Crippen LogP contribution < -0.4 is 0 Å². The molecule has 0 saturated carbocycles. The molecule has 0 radical (unpaired) electrons. The van der Waals surface area contributed by atoms with Crippen molar-refractivity contribution in [1.29, 1.82) is 0 Å². The zero-order chi connectivity index (χ0) is 40.8. The summed E-state index contributed by atoms with van der Waals surface area (Å²) in [6.07, 6.45) is 40.7. The van der Waals surface area contributed by atoms with E-state index in [4.69, 9.17) is 18.9 Å². The molecule has 1 saturated heterocycles. The fourth-order valence-electron chi connectivity index (χ4n) is 8.23. The molecule has 7 nitrogen and oxygen atoms in total. The molecule has 1 aliphatic rings. The van der Waals surface area contributed by atoms with Gasteiger partial charge in [0.15, 0.2) is 5.79 Å². The van der Waals surface area contributed by atoms with Gasteiger partial charge in [-0.1, -0.05) is 181 Å². The fourth-order valence-corrected chi connectivity index (χ4v) is 8.23. The van der Waals surface area contributed by atoms with Crippen molar-refractivity contribution >= 4 is 11.9 Å². The molecule has 0 aliphatic carbocycles. The molecule has 0 aromatic heterocycles. The number of hydrogen-bond donors (Lipinski definition) is 0. The zero-order valence-electron chi connectivity index (χ0n) is 38.1. The van der Waals surface area contributed by atoms with E-state index in [1.807, 2.05) is 0 Å². The highest BCUT2D eigenvalue weighted by atomic mass is 16.7. The Morgan fingerprint density at radius 3 is 1.45 bits per heavy atom. The third kappa shape index (κ3) is 30.8. The lowest BCUT2D eigenvalue weighted by molar-refractivity contribution is -0.180. The number of carbonyl (C=O) groups excluding carboxylic acids is 2. The van der Waals surface area contributed by atoms with Crippen LogP contribution in [0.3, 0.4) is 0 Å². The van der Waals surface area contributed by atoms with Gasteiger partial charge in [0.1, 0.15) is 0 Å². The van der Waals surface area contributed by atoms with Gasteiger partial charge in [0, 0.05) is 25.8 Å². The van der Waals surface area contributed by atoms with Crippen molar-refractivity contribution in [2.24, 2.45) is 5.92 Å². The molecule has 2 atom stereocenters. The summed E-state index contributed by atoms with van der Waals surface area (Å²) in [6, 6.07) is 0. The van der Waals surface area contributed by atoms with Gasteiger partial charge in [0.05, 0.1) is 31.8 Å². The van der Waals surface area contributed by atoms with Crippen LogP contribution >= 0.6 is 0 Å². The first-order chi connectivity index (χ1) is 27.4. The normalized spacial score (nSPS) is 17.0. The van der Waals surface area contributed by atoms with E-state index < -0.39 is 5.79 Å². The van der Waals surface area contributed by atoms with Crippen LogP contribution in [-0.4, -0.2) is 69.2 Å². The molecule has 1 fully saturated rings. The summed E-state index contributed by atoms with van der Waals surface area (Å²) < 4.78 is 24.4. The molecule has 0 aromatic carbocycles. The van der Waals surface area contributed by atoms with Crippen molar-refractivity contribution in [2.45, 2.75) is 257 Å². The van der Waals surface area contributed by atoms with Crippen LogP contribution in [0.5, 0.6) is 0 Å². The highest BCUT2D eigenvalue weighted by Crippen LogP contribution is 2.35. The van der Waals surface area contributed by atoms with E-state index in [2.05, 4.69) is 39.8 Å². The molecular weight excluding hydrogens is 699 g/mol. The van der Waals surface area contributed by atoms with Crippen LogP contribution in [0.2, 0.25) is 0 Å². The van der Waals surface area contributed by atoms with Gasteiger partial charge in [-0.25, -0.2) is 0 Å². The number of carbonyl (C=O) groups is 2. The van der Waals surface area contributed by atoms with E-state index in [1.54, 1.807) is 0 Å². The van der Waals surface area contributed by atoms with Gasteiger partial charge in [-0.15, -0.1) is 0 Å². The Morgan fingerprint density at radius 2 is 0.964 bits per heavy atom. The van der Waals surface area contributed by atoms with Crippen LogP contribution in [0.15, 0.2) is 0 Å². The third-order valence-electron chi connectivity index (χ3n) is 11.8. The zero-order valence-corrected chi connectivity index (χ0v) is 38.1. The number of likely N-dealkylation sites (N-methyl/N-ethyl adjacent to an activating group) is 1. The minimum absolute atomic E-state index is 0.0284. The van der Waals surface area contributed by atoms with Crippen molar-refractivity contribution in [2.75, 3.05) is 40.5 Å². The van der Waals surface area contributed by atoms with Crippen molar-refractivity contribution in [3.05, 3.63) is 0 Å².